The molecule has 1 aliphatic heterocycles. The van der Waals surface area contributed by atoms with E-state index in [1.54, 1.807) is 0 Å². The number of ether oxygens (including phenoxy) is 1. The molecule has 1 aliphatic rings. The first kappa shape index (κ1) is 15.4. The molecule has 0 saturated carbocycles. The van der Waals surface area contributed by atoms with Crippen molar-refractivity contribution in [1.29, 1.82) is 0 Å². The zero-order valence-electron chi connectivity index (χ0n) is 12.9. The minimum absolute atomic E-state index is 0.381. The van der Waals surface area contributed by atoms with Gasteiger partial charge in [0.25, 0.3) is 0 Å². The zero-order valence-corrected chi connectivity index (χ0v) is 12.9. The van der Waals surface area contributed by atoms with Gasteiger partial charge in [0.2, 0.25) is 0 Å². The van der Waals surface area contributed by atoms with Gasteiger partial charge in [-0.3, -0.25) is 0 Å². The Morgan fingerprint density at radius 3 is 2.15 bits per heavy atom. The largest absolute Gasteiger partial charge is 0.484 e. The maximum atomic E-state index is 10.8. The summed E-state index contributed by atoms with van der Waals surface area (Å²) in [5, 5.41) is 10.8. The molecule has 1 N–H and O–H groups in total. The lowest BCUT2D eigenvalue weighted by molar-refractivity contribution is -0.0435. The van der Waals surface area contributed by atoms with Gasteiger partial charge >= 0.3 is 0 Å². The van der Waals surface area contributed by atoms with Crippen LogP contribution in [0.4, 0.5) is 0 Å². The molecule has 1 aromatic rings. The van der Waals surface area contributed by atoms with Crippen LogP contribution < -0.4 is 4.74 Å². The van der Waals surface area contributed by atoms with Crippen LogP contribution in [-0.4, -0.2) is 10.7 Å². The van der Waals surface area contributed by atoms with Gasteiger partial charge in [0, 0.05) is 5.56 Å². The molecule has 0 bridgehead atoms. The molecule has 0 radical (unpaired) electrons. The van der Waals surface area contributed by atoms with Crippen LogP contribution in [0.2, 0.25) is 0 Å². The van der Waals surface area contributed by atoms with Crippen molar-refractivity contribution in [2.75, 3.05) is 0 Å². The Morgan fingerprint density at radius 2 is 1.60 bits per heavy atom. The fourth-order valence-electron chi connectivity index (χ4n) is 3.21. The number of aliphatic hydroxyl groups excluding tert-OH is 1. The highest BCUT2D eigenvalue weighted by Crippen LogP contribution is 2.48. The van der Waals surface area contributed by atoms with Crippen molar-refractivity contribution in [3.63, 3.8) is 0 Å². The average Bonchev–Trinajstić information content (AvgIpc) is 2.74. The van der Waals surface area contributed by atoms with Crippen LogP contribution in [0.25, 0.3) is 0 Å². The van der Waals surface area contributed by atoms with Crippen molar-refractivity contribution < 1.29 is 9.84 Å². The number of hydrogen-bond donors (Lipinski definition) is 1. The Hall–Kier alpha value is -1.02. The first-order chi connectivity index (χ1) is 9.73. The third kappa shape index (κ3) is 3.17. The molecule has 0 aromatic heterocycles. The lowest BCUT2D eigenvalue weighted by Gasteiger charge is -2.32. The monoisotopic (exact) mass is 276 g/mol. The van der Waals surface area contributed by atoms with Gasteiger partial charge in [0.15, 0.2) is 0 Å². The fraction of sp³-hybridized carbons (Fsp3) is 0.667. The van der Waals surface area contributed by atoms with Gasteiger partial charge in [-0.25, -0.2) is 0 Å². The Balaban J connectivity index is 2.11. The van der Waals surface area contributed by atoms with Crippen molar-refractivity contribution >= 4 is 0 Å². The molecule has 0 aliphatic carbocycles. The number of rotatable bonds is 8. The van der Waals surface area contributed by atoms with Gasteiger partial charge in [-0.1, -0.05) is 57.7 Å². The molecule has 0 fully saturated rings. The number of aliphatic hydroxyl groups is 1. The molecule has 1 unspecified atom stereocenters. The minimum Gasteiger partial charge on any atom is -0.484 e. The van der Waals surface area contributed by atoms with Crippen molar-refractivity contribution in [3.8, 4) is 5.75 Å². The number of unbranched alkanes of at least 4 members (excludes halogenated alkanes) is 4. The van der Waals surface area contributed by atoms with E-state index in [2.05, 4.69) is 13.8 Å². The van der Waals surface area contributed by atoms with Gasteiger partial charge in [0.05, 0.1) is 0 Å². The van der Waals surface area contributed by atoms with Crippen molar-refractivity contribution in [2.45, 2.75) is 76.9 Å². The predicted molar refractivity (Wildman–Crippen MR) is 83.0 cm³/mol. The highest BCUT2D eigenvalue weighted by Gasteiger charge is 2.46. The Kier molecular flexibility index (Phi) is 5.47. The molecule has 1 atom stereocenters. The van der Waals surface area contributed by atoms with Crippen LogP contribution in [0.15, 0.2) is 24.3 Å². The van der Waals surface area contributed by atoms with Gasteiger partial charge in [-0.2, -0.15) is 0 Å². The molecule has 112 valence electrons. The van der Waals surface area contributed by atoms with Crippen LogP contribution in [0.1, 0.15) is 76.9 Å². The summed E-state index contributed by atoms with van der Waals surface area (Å²) in [4.78, 5) is 0. The number of benzene rings is 1. The van der Waals surface area contributed by atoms with E-state index >= 15 is 0 Å². The Labute approximate surface area is 123 Å². The summed E-state index contributed by atoms with van der Waals surface area (Å²) in [6.07, 6.45) is 8.54. The summed E-state index contributed by atoms with van der Waals surface area (Å²) in [6.45, 7) is 4.43. The SMILES string of the molecule is CCCCCC1(CCCCC)Oc2ccccc2C1O. The third-order valence-corrected chi connectivity index (χ3v) is 4.43. The Morgan fingerprint density at radius 1 is 1.00 bits per heavy atom. The molecular weight excluding hydrogens is 248 g/mol. The molecule has 0 spiro atoms. The maximum absolute atomic E-state index is 10.8. The van der Waals surface area contributed by atoms with Crippen LogP contribution in [0, 0.1) is 0 Å². The predicted octanol–water partition coefficient (Wildman–Crippen LogP) is 5.01. The summed E-state index contributed by atoms with van der Waals surface area (Å²) >= 11 is 0. The summed E-state index contributed by atoms with van der Waals surface area (Å²) in [5.41, 5.74) is 0.592. The summed E-state index contributed by atoms with van der Waals surface area (Å²) in [5.74, 6) is 0.882. The smallest absolute Gasteiger partial charge is 0.139 e. The van der Waals surface area contributed by atoms with E-state index in [1.807, 2.05) is 24.3 Å². The van der Waals surface area contributed by atoms with Gasteiger partial charge in [0.1, 0.15) is 17.5 Å². The fourth-order valence-corrected chi connectivity index (χ4v) is 3.21. The lowest BCUT2D eigenvalue weighted by Crippen LogP contribution is -2.38. The second-order valence-electron chi connectivity index (χ2n) is 6.02. The van der Waals surface area contributed by atoms with Crippen molar-refractivity contribution in [2.24, 2.45) is 0 Å². The van der Waals surface area contributed by atoms with Gasteiger partial charge in [-0.05, 0) is 31.7 Å². The molecule has 2 nitrogen and oxygen atoms in total. The second-order valence-corrected chi connectivity index (χ2v) is 6.02. The highest BCUT2D eigenvalue weighted by molar-refractivity contribution is 5.41. The van der Waals surface area contributed by atoms with E-state index in [1.165, 1.54) is 25.7 Å². The molecular formula is C18H28O2. The number of hydrogen-bond acceptors (Lipinski definition) is 2. The van der Waals surface area contributed by atoms with Crippen LogP contribution in [0.3, 0.4) is 0 Å². The quantitative estimate of drug-likeness (QED) is 0.676. The molecule has 1 heterocycles. The van der Waals surface area contributed by atoms with Crippen LogP contribution in [0.5, 0.6) is 5.75 Å². The van der Waals surface area contributed by atoms with Gasteiger partial charge in [-0.15, -0.1) is 0 Å². The van der Waals surface area contributed by atoms with E-state index in [9.17, 15) is 5.11 Å². The summed E-state index contributed by atoms with van der Waals surface area (Å²) in [7, 11) is 0. The number of fused-ring (bicyclic) bond motifs is 1. The molecule has 2 heteroatoms. The van der Waals surface area contributed by atoms with E-state index in [0.717, 1.165) is 37.0 Å². The van der Waals surface area contributed by atoms with Gasteiger partial charge < -0.3 is 9.84 Å². The lowest BCUT2D eigenvalue weighted by atomic mass is 9.84. The average molecular weight is 276 g/mol. The second kappa shape index (κ2) is 7.12. The molecule has 20 heavy (non-hydrogen) atoms. The molecule has 1 aromatic carbocycles. The standard InChI is InChI=1S/C18H28O2/c1-3-5-9-13-18(14-10-6-4-2)17(19)15-11-7-8-12-16(15)20-18/h7-8,11-12,17,19H,3-6,9-10,13-14H2,1-2H3. The molecule has 0 amide bonds. The third-order valence-electron chi connectivity index (χ3n) is 4.43. The molecule has 0 saturated heterocycles. The normalized spacial score (nSPS) is 19.6. The van der Waals surface area contributed by atoms with Crippen LogP contribution >= 0.6 is 0 Å². The maximum Gasteiger partial charge on any atom is 0.139 e. The highest BCUT2D eigenvalue weighted by atomic mass is 16.5. The van der Waals surface area contributed by atoms with E-state index < -0.39 is 6.10 Å². The molecule has 2 rings (SSSR count). The summed E-state index contributed by atoms with van der Waals surface area (Å²) in [6, 6.07) is 7.96. The first-order valence-electron chi connectivity index (χ1n) is 8.19. The number of para-hydroxylation sites is 1. The Bertz CT molecular complexity index is 404. The van der Waals surface area contributed by atoms with Crippen molar-refractivity contribution in [1.82, 2.24) is 0 Å². The topological polar surface area (TPSA) is 29.5 Å². The van der Waals surface area contributed by atoms with E-state index in [4.69, 9.17) is 4.74 Å². The minimum atomic E-state index is -0.465. The summed E-state index contributed by atoms with van der Waals surface area (Å²) < 4.78 is 6.25. The first-order valence-corrected chi connectivity index (χ1v) is 8.19. The van der Waals surface area contributed by atoms with E-state index in [0.29, 0.717) is 0 Å². The van der Waals surface area contributed by atoms with Crippen LogP contribution in [-0.2, 0) is 0 Å². The van der Waals surface area contributed by atoms with E-state index in [-0.39, 0.29) is 5.60 Å². The zero-order chi connectivity index (χ0) is 14.4. The van der Waals surface area contributed by atoms with Crippen molar-refractivity contribution in [3.05, 3.63) is 29.8 Å².